The average molecular weight is 271 g/mol. The first-order chi connectivity index (χ1) is 9.88. The average Bonchev–Trinajstić information content (AvgIpc) is 3.01. The van der Waals surface area contributed by atoms with Gasteiger partial charge in [-0.2, -0.15) is 0 Å². The lowest BCUT2D eigenvalue weighted by Crippen LogP contribution is -2.31. The van der Waals surface area contributed by atoms with Crippen molar-refractivity contribution in [1.29, 1.82) is 0 Å². The third-order valence-electron chi connectivity index (χ3n) is 3.99. The monoisotopic (exact) mass is 271 g/mol. The molecule has 0 saturated carbocycles. The molecule has 2 aromatic rings. The SMILES string of the molecule is COCC(NC1CCCc2ccccc21)c1ccco1. The second-order valence-electron chi connectivity index (χ2n) is 5.33. The summed E-state index contributed by atoms with van der Waals surface area (Å²) in [6.07, 6.45) is 5.29. The van der Waals surface area contributed by atoms with E-state index in [4.69, 9.17) is 9.15 Å². The summed E-state index contributed by atoms with van der Waals surface area (Å²) in [5.41, 5.74) is 2.89. The van der Waals surface area contributed by atoms with Crippen LogP contribution in [0.15, 0.2) is 47.1 Å². The van der Waals surface area contributed by atoms with E-state index in [1.165, 1.54) is 24.0 Å². The fourth-order valence-corrected chi connectivity index (χ4v) is 3.04. The van der Waals surface area contributed by atoms with Gasteiger partial charge in [-0.1, -0.05) is 24.3 Å². The number of nitrogens with one attached hydrogen (secondary N) is 1. The Bertz CT molecular complexity index is 536. The Morgan fingerprint density at radius 1 is 1.30 bits per heavy atom. The molecule has 3 heteroatoms. The minimum atomic E-state index is 0.103. The van der Waals surface area contributed by atoms with Crippen LogP contribution in [0, 0.1) is 0 Å². The molecule has 0 saturated heterocycles. The zero-order valence-corrected chi connectivity index (χ0v) is 11.8. The fraction of sp³-hybridized carbons (Fsp3) is 0.412. The van der Waals surface area contributed by atoms with E-state index in [1.807, 2.05) is 12.1 Å². The minimum Gasteiger partial charge on any atom is -0.468 e. The smallest absolute Gasteiger partial charge is 0.123 e. The van der Waals surface area contributed by atoms with Crippen molar-refractivity contribution in [3.8, 4) is 0 Å². The molecule has 106 valence electrons. The molecule has 0 spiro atoms. The molecule has 3 rings (SSSR count). The number of methoxy groups -OCH3 is 1. The molecule has 1 heterocycles. The molecule has 1 aromatic heterocycles. The highest BCUT2D eigenvalue weighted by atomic mass is 16.5. The topological polar surface area (TPSA) is 34.4 Å². The van der Waals surface area contributed by atoms with Crippen LogP contribution < -0.4 is 5.32 Å². The third kappa shape index (κ3) is 2.79. The van der Waals surface area contributed by atoms with Gasteiger partial charge in [-0.05, 0) is 42.5 Å². The number of rotatable bonds is 5. The highest BCUT2D eigenvalue weighted by Gasteiger charge is 2.24. The molecule has 2 unspecified atom stereocenters. The summed E-state index contributed by atoms with van der Waals surface area (Å²) in [6.45, 7) is 0.617. The Kier molecular flexibility index (Phi) is 4.19. The van der Waals surface area contributed by atoms with Crippen molar-refractivity contribution in [2.45, 2.75) is 31.3 Å². The van der Waals surface area contributed by atoms with Crippen LogP contribution in [0.25, 0.3) is 0 Å². The number of hydrogen-bond donors (Lipinski definition) is 1. The van der Waals surface area contributed by atoms with Crippen LogP contribution in [0.3, 0.4) is 0 Å². The van der Waals surface area contributed by atoms with Gasteiger partial charge < -0.3 is 9.15 Å². The van der Waals surface area contributed by atoms with Gasteiger partial charge >= 0.3 is 0 Å². The van der Waals surface area contributed by atoms with Crippen LogP contribution in [0.2, 0.25) is 0 Å². The second kappa shape index (κ2) is 6.25. The predicted molar refractivity (Wildman–Crippen MR) is 78.6 cm³/mol. The second-order valence-corrected chi connectivity index (χ2v) is 5.33. The molecule has 1 N–H and O–H groups in total. The van der Waals surface area contributed by atoms with Crippen LogP contribution in [0.1, 0.15) is 41.8 Å². The quantitative estimate of drug-likeness (QED) is 0.901. The summed E-state index contributed by atoms with van der Waals surface area (Å²) in [6, 6.07) is 13.1. The number of ether oxygens (including phenoxy) is 1. The van der Waals surface area contributed by atoms with Crippen LogP contribution in [0.4, 0.5) is 0 Å². The van der Waals surface area contributed by atoms with Crippen molar-refractivity contribution >= 4 is 0 Å². The lowest BCUT2D eigenvalue weighted by molar-refractivity contribution is 0.148. The van der Waals surface area contributed by atoms with Gasteiger partial charge in [-0.25, -0.2) is 0 Å². The van der Waals surface area contributed by atoms with Gasteiger partial charge in [0.25, 0.3) is 0 Å². The van der Waals surface area contributed by atoms with E-state index < -0.39 is 0 Å². The molecule has 3 nitrogen and oxygen atoms in total. The number of benzene rings is 1. The first-order valence-electron chi connectivity index (χ1n) is 7.24. The van der Waals surface area contributed by atoms with Crippen molar-refractivity contribution in [1.82, 2.24) is 5.32 Å². The molecule has 0 bridgehead atoms. The van der Waals surface area contributed by atoms with Gasteiger partial charge in [-0.15, -0.1) is 0 Å². The molecule has 0 aliphatic heterocycles. The van der Waals surface area contributed by atoms with Crippen LogP contribution in [0.5, 0.6) is 0 Å². The minimum absolute atomic E-state index is 0.103. The summed E-state index contributed by atoms with van der Waals surface area (Å²) < 4.78 is 10.9. The summed E-state index contributed by atoms with van der Waals surface area (Å²) in [5, 5.41) is 3.70. The lowest BCUT2D eigenvalue weighted by atomic mass is 9.87. The highest BCUT2D eigenvalue weighted by molar-refractivity contribution is 5.32. The highest BCUT2D eigenvalue weighted by Crippen LogP contribution is 2.31. The van der Waals surface area contributed by atoms with E-state index in [9.17, 15) is 0 Å². The summed E-state index contributed by atoms with van der Waals surface area (Å²) in [4.78, 5) is 0. The zero-order valence-electron chi connectivity index (χ0n) is 11.8. The summed E-state index contributed by atoms with van der Waals surface area (Å²) >= 11 is 0. The molecule has 1 aliphatic carbocycles. The molecule has 0 radical (unpaired) electrons. The van der Waals surface area contributed by atoms with Crippen molar-refractivity contribution in [2.24, 2.45) is 0 Å². The lowest BCUT2D eigenvalue weighted by Gasteiger charge is -2.29. The summed E-state index contributed by atoms with van der Waals surface area (Å²) in [7, 11) is 1.73. The largest absolute Gasteiger partial charge is 0.468 e. The number of aryl methyl sites for hydroxylation is 1. The first kappa shape index (κ1) is 13.4. The van der Waals surface area contributed by atoms with Crippen molar-refractivity contribution < 1.29 is 9.15 Å². The van der Waals surface area contributed by atoms with E-state index in [2.05, 4.69) is 29.6 Å². The normalized spacial score (nSPS) is 19.6. The molecular weight excluding hydrogens is 250 g/mol. The van der Waals surface area contributed by atoms with Gasteiger partial charge in [0.15, 0.2) is 0 Å². The zero-order chi connectivity index (χ0) is 13.8. The van der Waals surface area contributed by atoms with E-state index in [-0.39, 0.29) is 6.04 Å². The Balaban J connectivity index is 1.79. The fourth-order valence-electron chi connectivity index (χ4n) is 3.04. The maximum Gasteiger partial charge on any atom is 0.123 e. The predicted octanol–water partition coefficient (Wildman–Crippen LogP) is 3.63. The van der Waals surface area contributed by atoms with Gasteiger partial charge in [0.1, 0.15) is 5.76 Å². The van der Waals surface area contributed by atoms with Gasteiger partial charge in [0.2, 0.25) is 0 Å². The Hall–Kier alpha value is -1.58. The molecule has 1 aliphatic rings. The summed E-state index contributed by atoms with van der Waals surface area (Å²) in [5.74, 6) is 0.940. The molecule has 20 heavy (non-hydrogen) atoms. The third-order valence-corrected chi connectivity index (χ3v) is 3.99. The number of hydrogen-bond acceptors (Lipinski definition) is 3. The van der Waals surface area contributed by atoms with Gasteiger partial charge in [0.05, 0.1) is 18.9 Å². The molecule has 1 aromatic carbocycles. The van der Waals surface area contributed by atoms with Crippen molar-refractivity contribution in [3.63, 3.8) is 0 Å². The maximum absolute atomic E-state index is 5.54. The van der Waals surface area contributed by atoms with E-state index in [0.717, 1.165) is 12.2 Å². The van der Waals surface area contributed by atoms with Crippen LogP contribution >= 0.6 is 0 Å². The molecular formula is C17H21NO2. The van der Waals surface area contributed by atoms with Crippen LogP contribution in [-0.4, -0.2) is 13.7 Å². The van der Waals surface area contributed by atoms with Crippen LogP contribution in [-0.2, 0) is 11.2 Å². The van der Waals surface area contributed by atoms with E-state index in [0.29, 0.717) is 12.6 Å². The molecule has 2 atom stereocenters. The van der Waals surface area contributed by atoms with E-state index in [1.54, 1.807) is 13.4 Å². The standard InChI is InChI=1S/C17H21NO2/c1-19-12-16(17-10-5-11-20-17)18-15-9-4-7-13-6-2-3-8-14(13)15/h2-3,5-6,8,10-11,15-16,18H,4,7,9,12H2,1H3. The maximum atomic E-state index is 5.54. The van der Waals surface area contributed by atoms with Gasteiger partial charge in [-0.3, -0.25) is 5.32 Å². The Morgan fingerprint density at radius 3 is 3.00 bits per heavy atom. The van der Waals surface area contributed by atoms with Gasteiger partial charge in [0, 0.05) is 13.2 Å². The van der Waals surface area contributed by atoms with Crippen molar-refractivity contribution in [2.75, 3.05) is 13.7 Å². The number of furan rings is 1. The molecule has 0 fully saturated rings. The Morgan fingerprint density at radius 2 is 2.20 bits per heavy atom. The van der Waals surface area contributed by atoms with Crippen molar-refractivity contribution in [3.05, 3.63) is 59.5 Å². The van der Waals surface area contributed by atoms with E-state index >= 15 is 0 Å². The number of fused-ring (bicyclic) bond motifs is 1. The first-order valence-corrected chi connectivity index (χ1v) is 7.24. The Labute approximate surface area is 119 Å². The molecule has 0 amide bonds.